The zero-order valence-corrected chi connectivity index (χ0v) is 11.6. The van der Waals surface area contributed by atoms with Crippen LogP contribution in [0.2, 0.25) is 0 Å². The molecule has 0 aliphatic carbocycles. The Labute approximate surface area is 117 Å². The minimum atomic E-state index is -0.431. The molecule has 0 atom stereocenters. The molecule has 0 radical (unpaired) electrons. The fraction of sp³-hybridized carbons (Fsp3) is 0.0833. The zero-order valence-electron chi connectivity index (χ0n) is 10.0. The van der Waals surface area contributed by atoms with Crippen LogP contribution in [0.25, 0.3) is 0 Å². The smallest absolute Gasteiger partial charge is 0.293 e. The van der Waals surface area contributed by atoms with Crippen LogP contribution in [0.1, 0.15) is 16.1 Å². The highest BCUT2D eigenvalue weighted by Crippen LogP contribution is 2.14. The van der Waals surface area contributed by atoms with Crippen LogP contribution < -0.4 is 5.43 Å². The number of halogens is 1. The van der Waals surface area contributed by atoms with Gasteiger partial charge in [0.2, 0.25) is 0 Å². The summed E-state index contributed by atoms with van der Waals surface area (Å²) in [5.74, 6) is -0.335. The molecule has 1 aromatic heterocycles. The highest BCUT2D eigenvalue weighted by molar-refractivity contribution is 9.10. The van der Waals surface area contributed by atoms with E-state index in [9.17, 15) is 9.90 Å². The second kappa shape index (κ2) is 5.66. The molecule has 1 heterocycles. The van der Waals surface area contributed by atoms with Gasteiger partial charge in [-0.15, -0.1) is 0 Å². The van der Waals surface area contributed by atoms with Gasteiger partial charge in [0.05, 0.1) is 10.7 Å². The number of hydrogen-bond donors (Lipinski definition) is 2. The Balaban J connectivity index is 2.05. The summed E-state index contributed by atoms with van der Waals surface area (Å²) in [7, 11) is 1.72. The molecule has 0 unspecified atom stereocenters. The molecule has 0 saturated carbocycles. The number of hydrazone groups is 1. The first-order valence-electron chi connectivity index (χ1n) is 5.38. The van der Waals surface area contributed by atoms with Crippen molar-refractivity contribution < 1.29 is 9.90 Å². The summed E-state index contributed by atoms with van der Waals surface area (Å²) >= 11 is 3.23. The maximum atomic E-state index is 11.8. The molecule has 1 aromatic carbocycles. The Hall–Kier alpha value is -2.15. The number of phenols is 1. The zero-order chi connectivity index (χ0) is 13.8. The van der Waals surface area contributed by atoms with Gasteiger partial charge in [0.25, 0.3) is 5.91 Å². The fourth-order valence-electron chi connectivity index (χ4n) is 1.42. The second-order valence-corrected chi connectivity index (χ2v) is 4.61. The second-order valence-electron chi connectivity index (χ2n) is 3.76. The van der Waals surface area contributed by atoms with Crippen LogP contribution in [0, 0.1) is 0 Å². The van der Waals surface area contributed by atoms with Gasteiger partial charge >= 0.3 is 0 Å². The lowest BCUT2D eigenvalue weighted by molar-refractivity contribution is 0.0948. The largest absolute Gasteiger partial charge is 0.507 e. The first-order valence-corrected chi connectivity index (χ1v) is 6.18. The number of aromatic hydroxyl groups is 1. The van der Waals surface area contributed by atoms with Gasteiger partial charge in [-0.3, -0.25) is 9.48 Å². The summed E-state index contributed by atoms with van der Waals surface area (Å²) in [4.78, 5) is 11.8. The van der Waals surface area contributed by atoms with E-state index in [4.69, 9.17) is 0 Å². The third-order valence-electron chi connectivity index (χ3n) is 2.31. The highest BCUT2D eigenvalue weighted by Gasteiger charge is 2.13. The third-order valence-corrected chi connectivity index (χ3v) is 2.89. The molecular formula is C12H11BrN4O2. The number of nitrogens with one attached hydrogen (secondary N) is 1. The number of hydrogen-bond acceptors (Lipinski definition) is 4. The quantitative estimate of drug-likeness (QED) is 0.666. The van der Waals surface area contributed by atoms with Crippen molar-refractivity contribution in [1.29, 1.82) is 0 Å². The van der Waals surface area contributed by atoms with Crippen molar-refractivity contribution in [2.24, 2.45) is 12.1 Å². The van der Waals surface area contributed by atoms with Crippen LogP contribution in [-0.4, -0.2) is 27.0 Å². The molecule has 2 N–H and O–H groups in total. The average Bonchev–Trinajstić information content (AvgIpc) is 2.71. The summed E-state index contributed by atoms with van der Waals surface area (Å²) in [6, 6.07) is 6.69. The van der Waals surface area contributed by atoms with E-state index in [1.807, 2.05) is 0 Å². The van der Waals surface area contributed by atoms with Crippen molar-refractivity contribution in [2.45, 2.75) is 0 Å². The number of nitrogens with zero attached hydrogens (tertiary/aromatic N) is 3. The minimum absolute atomic E-state index is 0.0968. The number of aryl methyl sites for hydroxylation is 1. The topological polar surface area (TPSA) is 79.5 Å². The molecule has 0 aliphatic heterocycles. The maximum absolute atomic E-state index is 11.8. The van der Waals surface area contributed by atoms with Gasteiger partial charge in [0.1, 0.15) is 5.75 Å². The first-order chi connectivity index (χ1) is 9.08. The maximum Gasteiger partial charge on any atom is 0.293 e. The Morgan fingerprint density at radius 2 is 2.26 bits per heavy atom. The lowest BCUT2D eigenvalue weighted by Crippen LogP contribution is -2.18. The number of carbonyl (C=O) groups excluding carboxylic acids is 1. The number of aromatic nitrogens is 2. The van der Waals surface area contributed by atoms with E-state index < -0.39 is 5.91 Å². The molecule has 2 aromatic rings. The predicted octanol–water partition coefficient (Wildman–Crippen LogP) is 1.65. The van der Waals surface area contributed by atoms with Gasteiger partial charge in [0.15, 0.2) is 5.69 Å². The Morgan fingerprint density at radius 1 is 1.53 bits per heavy atom. The average molecular weight is 323 g/mol. The van der Waals surface area contributed by atoms with E-state index in [0.717, 1.165) is 0 Å². The van der Waals surface area contributed by atoms with Crippen molar-refractivity contribution in [3.63, 3.8) is 0 Å². The van der Waals surface area contributed by atoms with E-state index in [0.29, 0.717) is 10.0 Å². The van der Waals surface area contributed by atoms with Gasteiger partial charge in [-0.2, -0.15) is 10.2 Å². The SMILES string of the molecule is Cn1cc(Br)c(C(=O)N/N=C\c2ccccc2O)n1. The van der Waals surface area contributed by atoms with Gasteiger partial charge in [0, 0.05) is 18.8 Å². The number of benzene rings is 1. The van der Waals surface area contributed by atoms with Gasteiger partial charge < -0.3 is 5.11 Å². The van der Waals surface area contributed by atoms with Crippen LogP contribution in [-0.2, 0) is 7.05 Å². The Bertz CT molecular complexity index is 636. The van der Waals surface area contributed by atoms with E-state index in [2.05, 4.69) is 31.6 Å². The lowest BCUT2D eigenvalue weighted by atomic mass is 10.2. The van der Waals surface area contributed by atoms with Crippen LogP contribution in [0.3, 0.4) is 0 Å². The number of phenolic OH excluding ortho intramolecular Hbond substituents is 1. The Kier molecular flexibility index (Phi) is 3.96. The van der Waals surface area contributed by atoms with E-state index >= 15 is 0 Å². The van der Waals surface area contributed by atoms with Gasteiger partial charge in [-0.25, -0.2) is 5.43 Å². The van der Waals surface area contributed by atoms with Crippen LogP contribution in [0.4, 0.5) is 0 Å². The fourth-order valence-corrected chi connectivity index (χ4v) is 1.98. The standard InChI is InChI=1S/C12H11BrN4O2/c1-17-7-9(13)11(16-17)12(19)15-14-6-8-4-2-3-5-10(8)18/h2-7,18H,1H3,(H,15,19)/b14-6-. The number of amides is 1. The van der Waals surface area contributed by atoms with Gasteiger partial charge in [-0.05, 0) is 28.1 Å². The number of para-hydroxylation sites is 1. The van der Waals surface area contributed by atoms with Crippen molar-refractivity contribution in [3.05, 3.63) is 46.2 Å². The molecular weight excluding hydrogens is 312 g/mol. The molecule has 19 heavy (non-hydrogen) atoms. The lowest BCUT2D eigenvalue weighted by Gasteiger charge is -1.98. The summed E-state index contributed by atoms with van der Waals surface area (Å²) in [5.41, 5.74) is 3.11. The van der Waals surface area contributed by atoms with E-state index in [1.165, 1.54) is 10.9 Å². The number of carbonyl (C=O) groups is 1. The normalized spacial score (nSPS) is 10.8. The van der Waals surface area contributed by atoms with Crippen LogP contribution in [0.15, 0.2) is 40.0 Å². The predicted molar refractivity (Wildman–Crippen MR) is 74.1 cm³/mol. The molecule has 0 aliphatic rings. The first kappa shape index (κ1) is 13.3. The van der Waals surface area contributed by atoms with Crippen LogP contribution in [0.5, 0.6) is 5.75 Å². The van der Waals surface area contributed by atoms with Crippen molar-refractivity contribution in [3.8, 4) is 5.75 Å². The van der Waals surface area contributed by atoms with Crippen molar-refractivity contribution in [2.75, 3.05) is 0 Å². The molecule has 0 bridgehead atoms. The molecule has 98 valence electrons. The van der Waals surface area contributed by atoms with Crippen molar-refractivity contribution in [1.82, 2.24) is 15.2 Å². The third kappa shape index (κ3) is 3.19. The van der Waals surface area contributed by atoms with Crippen LogP contribution >= 0.6 is 15.9 Å². The molecule has 2 rings (SSSR count). The molecule has 0 spiro atoms. The highest BCUT2D eigenvalue weighted by atomic mass is 79.9. The molecule has 1 amide bonds. The van der Waals surface area contributed by atoms with E-state index in [-0.39, 0.29) is 11.4 Å². The molecule has 7 heteroatoms. The Morgan fingerprint density at radius 3 is 2.89 bits per heavy atom. The summed E-state index contributed by atoms with van der Waals surface area (Å²) < 4.78 is 2.11. The van der Waals surface area contributed by atoms with Crippen molar-refractivity contribution >= 4 is 28.1 Å². The van der Waals surface area contributed by atoms with E-state index in [1.54, 1.807) is 37.5 Å². The minimum Gasteiger partial charge on any atom is -0.507 e. The summed E-state index contributed by atoms with van der Waals surface area (Å²) in [6.07, 6.45) is 3.03. The molecule has 0 saturated heterocycles. The molecule has 6 nitrogen and oxygen atoms in total. The van der Waals surface area contributed by atoms with Gasteiger partial charge in [-0.1, -0.05) is 12.1 Å². The summed E-state index contributed by atoms with van der Waals surface area (Å²) in [5, 5.41) is 17.3. The molecule has 0 fully saturated rings. The summed E-state index contributed by atoms with van der Waals surface area (Å²) in [6.45, 7) is 0. The number of rotatable bonds is 3. The monoisotopic (exact) mass is 322 g/mol.